The van der Waals surface area contributed by atoms with E-state index >= 15 is 0 Å². The molecule has 0 bridgehead atoms. The molecule has 4 rings (SSSR count). The lowest BCUT2D eigenvalue weighted by Crippen LogP contribution is -2.36. The van der Waals surface area contributed by atoms with Crippen LogP contribution in [-0.4, -0.2) is 38.9 Å². The first-order chi connectivity index (χ1) is 15.6. The van der Waals surface area contributed by atoms with Crippen molar-refractivity contribution in [2.75, 3.05) is 17.2 Å². The fourth-order valence-corrected chi connectivity index (χ4v) is 4.82. The Morgan fingerprint density at radius 2 is 1.97 bits per heavy atom. The molecule has 1 aromatic heterocycles. The number of aryl methyl sites for hydroxylation is 2. The van der Waals surface area contributed by atoms with E-state index in [9.17, 15) is 9.59 Å². The summed E-state index contributed by atoms with van der Waals surface area (Å²) in [7, 11) is 0. The summed E-state index contributed by atoms with van der Waals surface area (Å²) in [5, 5.41) is 12.1. The first kappa shape index (κ1) is 22.1. The molecule has 0 radical (unpaired) electrons. The Labute approximate surface area is 192 Å². The molecular weight excluding hydrogens is 422 g/mol. The number of benzene rings is 2. The summed E-state index contributed by atoms with van der Waals surface area (Å²) < 4.78 is 1.94. The Kier molecular flexibility index (Phi) is 6.90. The minimum absolute atomic E-state index is 0.0714. The second-order valence-corrected chi connectivity index (χ2v) is 8.70. The summed E-state index contributed by atoms with van der Waals surface area (Å²) in [6.45, 7) is 5.64. The average Bonchev–Trinajstić information content (AvgIpc) is 3.22. The molecule has 1 N–H and O–H groups in total. The molecule has 2 aromatic carbocycles. The van der Waals surface area contributed by atoms with E-state index in [0.717, 1.165) is 30.6 Å². The van der Waals surface area contributed by atoms with Crippen molar-refractivity contribution in [3.8, 4) is 0 Å². The number of nitrogens with one attached hydrogen (secondary N) is 1. The molecule has 32 heavy (non-hydrogen) atoms. The Hall–Kier alpha value is -3.13. The molecule has 3 aromatic rings. The highest BCUT2D eigenvalue weighted by atomic mass is 32.2. The number of amides is 2. The quantitative estimate of drug-likeness (QED) is 0.558. The van der Waals surface area contributed by atoms with E-state index in [0.29, 0.717) is 28.8 Å². The van der Waals surface area contributed by atoms with Gasteiger partial charge in [-0.2, -0.15) is 0 Å². The molecule has 8 heteroatoms. The first-order valence-corrected chi connectivity index (χ1v) is 11.8. The van der Waals surface area contributed by atoms with Crippen molar-refractivity contribution >= 4 is 29.3 Å². The molecule has 7 nitrogen and oxygen atoms in total. The van der Waals surface area contributed by atoms with E-state index in [1.165, 1.54) is 17.3 Å². The van der Waals surface area contributed by atoms with Crippen LogP contribution in [0.15, 0.2) is 53.7 Å². The van der Waals surface area contributed by atoms with Gasteiger partial charge in [-0.15, -0.1) is 10.2 Å². The predicted molar refractivity (Wildman–Crippen MR) is 126 cm³/mol. The SMILES string of the molecule is CCn1c(CNC(=O)c2cccc(C)c2)nnc1SCC(=O)N1CCCc2ccccc21. The number of nitrogens with zero attached hydrogens (tertiary/aromatic N) is 4. The third-order valence-electron chi connectivity index (χ3n) is 5.53. The summed E-state index contributed by atoms with van der Waals surface area (Å²) >= 11 is 1.39. The van der Waals surface area contributed by atoms with Crippen LogP contribution in [0.1, 0.15) is 40.7 Å². The molecule has 0 spiro atoms. The van der Waals surface area contributed by atoms with Crippen molar-refractivity contribution in [3.05, 3.63) is 71.0 Å². The number of hydrogen-bond donors (Lipinski definition) is 1. The van der Waals surface area contributed by atoms with Gasteiger partial charge in [0.25, 0.3) is 5.91 Å². The van der Waals surface area contributed by atoms with E-state index in [1.807, 2.05) is 59.7 Å². The zero-order valence-corrected chi connectivity index (χ0v) is 19.2. The van der Waals surface area contributed by atoms with Crippen LogP contribution in [-0.2, 0) is 24.3 Å². The molecule has 0 atom stereocenters. The van der Waals surface area contributed by atoms with E-state index in [4.69, 9.17) is 0 Å². The fraction of sp³-hybridized carbons (Fsp3) is 0.333. The summed E-state index contributed by atoms with van der Waals surface area (Å²) in [6, 6.07) is 15.6. The molecular formula is C24H27N5O2S. The maximum atomic E-state index is 12.9. The van der Waals surface area contributed by atoms with Gasteiger partial charge in [0.05, 0.1) is 12.3 Å². The first-order valence-electron chi connectivity index (χ1n) is 10.8. The number of thioether (sulfide) groups is 1. The number of carbonyl (C=O) groups excluding carboxylic acids is 2. The molecule has 0 fully saturated rings. The molecule has 0 saturated heterocycles. The minimum atomic E-state index is -0.146. The molecule has 2 amide bonds. The van der Waals surface area contributed by atoms with Gasteiger partial charge >= 0.3 is 0 Å². The number of aromatic nitrogens is 3. The zero-order chi connectivity index (χ0) is 22.5. The molecule has 166 valence electrons. The molecule has 0 saturated carbocycles. The Bertz CT molecular complexity index is 1130. The van der Waals surface area contributed by atoms with E-state index in [1.54, 1.807) is 6.07 Å². The summed E-state index contributed by atoms with van der Waals surface area (Å²) in [6.07, 6.45) is 1.98. The van der Waals surface area contributed by atoms with E-state index < -0.39 is 0 Å². The van der Waals surface area contributed by atoms with Crippen molar-refractivity contribution in [1.29, 1.82) is 0 Å². The number of fused-ring (bicyclic) bond motifs is 1. The number of anilines is 1. The Morgan fingerprint density at radius 1 is 1.12 bits per heavy atom. The number of rotatable bonds is 7. The van der Waals surface area contributed by atoms with Crippen molar-refractivity contribution < 1.29 is 9.59 Å². The number of hydrogen-bond acceptors (Lipinski definition) is 5. The summed E-state index contributed by atoms with van der Waals surface area (Å²) in [4.78, 5) is 27.3. The smallest absolute Gasteiger partial charge is 0.251 e. The van der Waals surface area contributed by atoms with E-state index in [2.05, 4.69) is 21.6 Å². The van der Waals surface area contributed by atoms with Crippen LogP contribution in [0.5, 0.6) is 0 Å². The highest BCUT2D eigenvalue weighted by molar-refractivity contribution is 7.99. The van der Waals surface area contributed by atoms with Crippen LogP contribution in [0.3, 0.4) is 0 Å². The topological polar surface area (TPSA) is 80.1 Å². The fourth-order valence-electron chi connectivity index (χ4n) is 3.92. The van der Waals surface area contributed by atoms with Crippen molar-refractivity contribution in [2.45, 2.75) is 44.9 Å². The van der Waals surface area contributed by atoms with Gasteiger partial charge in [0.2, 0.25) is 5.91 Å². The van der Waals surface area contributed by atoms with Gasteiger partial charge in [-0.3, -0.25) is 9.59 Å². The normalized spacial score (nSPS) is 13.0. The van der Waals surface area contributed by atoms with Crippen LogP contribution in [0.2, 0.25) is 0 Å². The molecule has 0 aliphatic carbocycles. The largest absolute Gasteiger partial charge is 0.345 e. The number of carbonyl (C=O) groups is 2. The lowest BCUT2D eigenvalue weighted by molar-refractivity contribution is -0.116. The average molecular weight is 450 g/mol. The van der Waals surface area contributed by atoms with Gasteiger partial charge in [0, 0.05) is 24.3 Å². The maximum Gasteiger partial charge on any atom is 0.251 e. The summed E-state index contributed by atoms with van der Waals surface area (Å²) in [5.74, 6) is 0.892. The van der Waals surface area contributed by atoms with Gasteiger partial charge in [-0.1, -0.05) is 47.7 Å². The Morgan fingerprint density at radius 3 is 2.78 bits per heavy atom. The lowest BCUT2D eigenvalue weighted by Gasteiger charge is -2.29. The highest BCUT2D eigenvalue weighted by Crippen LogP contribution is 2.28. The third kappa shape index (κ3) is 4.85. The van der Waals surface area contributed by atoms with Crippen LogP contribution in [0.4, 0.5) is 5.69 Å². The molecule has 1 aliphatic rings. The monoisotopic (exact) mass is 449 g/mol. The van der Waals surface area contributed by atoms with Gasteiger partial charge < -0.3 is 14.8 Å². The van der Waals surface area contributed by atoms with Crippen molar-refractivity contribution in [1.82, 2.24) is 20.1 Å². The van der Waals surface area contributed by atoms with Crippen molar-refractivity contribution in [2.24, 2.45) is 0 Å². The zero-order valence-electron chi connectivity index (χ0n) is 18.4. The van der Waals surface area contributed by atoms with Crippen LogP contribution in [0.25, 0.3) is 0 Å². The third-order valence-corrected chi connectivity index (χ3v) is 6.48. The predicted octanol–water partition coefficient (Wildman–Crippen LogP) is 3.61. The lowest BCUT2D eigenvalue weighted by atomic mass is 10.0. The second kappa shape index (κ2) is 9.99. The molecule has 0 unspecified atom stereocenters. The second-order valence-electron chi connectivity index (χ2n) is 7.76. The number of para-hydroxylation sites is 1. The van der Waals surface area contributed by atoms with Gasteiger partial charge in [0.15, 0.2) is 11.0 Å². The van der Waals surface area contributed by atoms with E-state index in [-0.39, 0.29) is 18.4 Å². The molecule has 1 aliphatic heterocycles. The van der Waals surface area contributed by atoms with Gasteiger partial charge in [-0.25, -0.2) is 0 Å². The van der Waals surface area contributed by atoms with Crippen LogP contribution in [0, 0.1) is 6.92 Å². The Balaban J connectivity index is 1.38. The summed E-state index contributed by atoms with van der Waals surface area (Å²) in [5.41, 5.74) is 3.89. The van der Waals surface area contributed by atoms with Crippen molar-refractivity contribution in [3.63, 3.8) is 0 Å². The molecule has 2 heterocycles. The highest BCUT2D eigenvalue weighted by Gasteiger charge is 2.23. The standard InChI is InChI=1S/C24H27N5O2S/c1-3-28-21(15-25-23(31)19-10-6-8-17(2)14-19)26-27-24(28)32-16-22(30)29-13-7-11-18-9-4-5-12-20(18)29/h4-6,8-10,12,14H,3,7,11,13,15-16H2,1-2H3,(H,25,31). The minimum Gasteiger partial charge on any atom is -0.345 e. The van der Waals surface area contributed by atoms with Crippen LogP contribution < -0.4 is 10.2 Å². The van der Waals surface area contributed by atoms with Crippen LogP contribution >= 0.6 is 11.8 Å². The maximum absolute atomic E-state index is 12.9. The van der Waals surface area contributed by atoms with Gasteiger partial charge in [-0.05, 0) is 50.5 Å². The van der Waals surface area contributed by atoms with Gasteiger partial charge in [0.1, 0.15) is 0 Å².